The summed E-state index contributed by atoms with van der Waals surface area (Å²) in [4.78, 5) is 3.40. The monoisotopic (exact) mass is 215 g/mol. The third-order valence-electron chi connectivity index (χ3n) is 1.58. The van der Waals surface area contributed by atoms with Gasteiger partial charge in [-0.25, -0.2) is 9.49 Å². The summed E-state index contributed by atoms with van der Waals surface area (Å²) in [5.74, 6) is -0.443. The van der Waals surface area contributed by atoms with Gasteiger partial charge in [-0.2, -0.15) is 14.5 Å². The van der Waals surface area contributed by atoms with Crippen molar-refractivity contribution < 1.29 is 8.78 Å². The van der Waals surface area contributed by atoms with Crippen LogP contribution < -0.4 is 0 Å². The van der Waals surface area contributed by atoms with Crippen molar-refractivity contribution in [3.8, 4) is 11.4 Å². The highest BCUT2D eigenvalue weighted by atomic mass is 35.5. The molecule has 0 atom stereocenters. The van der Waals surface area contributed by atoms with Gasteiger partial charge in [0, 0.05) is 10.6 Å². The molecule has 0 unspecified atom stereocenters. The summed E-state index contributed by atoms with van der Waals surface area (Å²) in [7, 11) is 0. The molecule has 0 aliphatic heterocycles. The summed E-state index contributed by atoms with van der Waals surface area (Å²) in [6.07, 6.45) is -0.819. The van der Waals surface area contributed by atoms with E-state index < -0.39 is 11.9 Å². The molecule has 2 aromatic rings. The lowest BCUT2D eigenvalue weighted by molar-refractivity contribution is 0.544. The van der Waals surface area contributed by atoms with Crippen LogP contribution in [-0.4, -0.2) is 15.2 Å². The lowest BCUT2D eigenvalue weighted by Gasteiger charge is -1.96. The second-order valence-corrected chi connectivity index (χ2v) is 3.04. The van der Waals surface area contributed by atoms with E-state index in [1.165, 1.54) is 12.1 Å². The Bertz CT molecular complexity index is 449. The minimum Gasteiger partial charge on any atom is -0.235 e. The van der Waals surface area contributed by atoms with Crippen LogP contribution in [0.2, 0.25) is 5.02 Å². The van der Waals surface area contributed by atoms with Gasteiger partial charge in [0.1, 0.15) is 5.82 Å². The molecule has 1 N–H and O–H groups in total. The van der Waals surface area contributed by atoms with Crippen molar-refractivity contribution in [2.75, 3.05) is 0 Å². The van der Waals surface area contributed by atoms with Crippen LogP contribution in [0.3, 0.4) is 0 Å². The van der Waals surface area contributed by atoms with Crippen LogP contribution >= 0.6 is 11.6 Å². The number of halogens is 3. The first-order valence-electron chi connectivity index (χ1n) is 3.69. The molecule has 0 bridgehead atoms. The number of aromatic nitrogens is 3. The summed E-state index contributed by atoms with van der Waals surface area (Å²) in [6.45, 7) is 0. The molecule has 1 aromatic heterocycles. The molecular weight excluding hydrogens is 212 g/mol. The van der Waals surface area contributed by atoms with Crippen molar-refractivity contribution in [3.05, 3.63) is 35.1 Å². The van der Waals surface area contributed by atoms with E-state index in [1.54, 1.807) is 0 Å². The van der Waals surface area contributed by atoms with E-state index >= 15 is 0 Å². The largest absolute Gasteiger partial charge is 0.305 e. The van der Waals surface area contributed by atoms with Crippen molar-refractivity contribution in [2.24, 2.45) is 0 Å². The number of aromatic amines is 1. The fourth-order valence-electron chi connectivity index (χ4n) is 1.05. The molecule has 0 radical (unpaired) electrons. The second-order valence-electron chi connectivity index (χ2n) is 2.61. The van der Waals surface area contributed by atoms with Gasteiger partial charge in [-0.15, -0.1) is 0 Å². The highest BCUT2D eigenvalue weighted by Gasteiger charge is 2.07. The molecule has 2 rings (SSSR count). The standard InChI is InChI=1S/C8H4ClF2N3/c9-5-1-4(2-6(10)3-5)7-12-8(11)14-13-7/h1-3H,(H,12,13,14). The maximum atomic E-state index is 12.9. The average molecular weight is 216 g/mol. The number of rotatable bonds is 1. The maximum Gasteiger partial charge on any atom is 0.305 e. The third-order valence-corrected chi connectivity index (χ3v) is 1.80. The van der Waals surface area contributed by atoms with Crippen LogP contribution in [0.25, 0.3) is 11.4 Å². The van der Waals surface area contributed by atoms with E-state index in [-0.39, 0.29) is 10.8 Å². The SMILES string of the molecule is Fc1cc(Cl)cc(-c2n[nH]c(F)n2)c1. The first-order valence-corrected chi connectivity index (χ1v) is 4.07. The maximum absolute atomic E-state index is 12.9. The molecule has 14 heavy (non-hydrogen) atoms. The Hall–Kier alpha value is -1.49. The Balaban J connectivity index is 2.51. The van der Waals surface area contributed by atoms with E-state index in [9.17, 15) is 8.78 Å². The number of nitrogens with one attached hydrogen (secondary N) is 1. The van der Waals surface area contributed by atoms with Gasteiger partial charge in [-0.3, -0.25) is 0 Å². The minimum atomic E-state index is -0.819. The first-order chi connectivity index (χ1) is 6.65. The average Bonchev–Trinajstić information content (AvgIpc) is 2.50. The van der Waals surface area contributed by atoms with Crippen LogP contribution in [0.1, 0.15) is 0 Å². The van der Waals surface area contributed by atoms with E-state index in [4.69, 9.17) is 11.6 Å². The van der Waals surface area contributed by atoms with Gasteiger partial charge in [0.25, 0.3) is 0 Å². The number of nitrogens with zero attached hydrogens (tertiary/aromatic N) is 2. The van der Waals surface area contributed by atoms with E-state index in [1.807, 2.05) is 5.10 Å². The molecule has 0 saturated heterocycles. The molecule has 72 valence electrons. The summed E-state index contributed by atoms with van der Waals surface area (Å²) in [6, 6.07) is 3.77. The van der Waals surface area contributed by atoms with Gasteiger partial charge in [0.15, 0.2) is 5.82 Å². The number of hydrogen-bond donors (Lipinski definition) is 1. The molecule has 0 aliphatic carbocycles. The Labute approximate surface area is 82.7 Å². The van der Waals surface area contributed by atoms with Crippen molar-refractivity contribution >= 4 is 11.6 Å². The highest BCUT2D eigenvalue weighted by Crippen LogP contribution is 2.21. The summed E-state index contributed by atoms with van der Waals surface area (Å²) in [5.41, 5.74) is 0.329. The molecular formula is C8H4ClF2N3. The number of hydrogen-bond acceptors (Lipinski definition) is 2. The molecule has 0 fully saturated rings. The van der Waals surface area contributed by atoms with Crippen LogP contribution in [0.15, 0.2) is 18.2 Å². The number of H-pyrrole nitrogens is 1. The van der Waals surface area contributed by atoms with Crippen molar-refractivity contribution in [1.29, 1.82) is 0 Å². The molecule has 0 saturated carbocycles. The zero-order valence-electron chi connectivity index (χ0n) is 6.76. The minimum absolute atomic E-state index is 0.0731. The Morgan fingerprint density at radius 3 is 2.57 bits per heavy atom. The fraction of sp³-hybridized carbons (Fsp3) is 0. The lowest BCUT2D eigenvalue weighted by atomic mass is 10.2. The predicted octanol–water partition coefficient (Wildman–Crippen LogP) is 2.40. The van der Waals surface area contributed by atoms with Crippen molar-refractivity contribution in [1.82, 2.24) is 15.2 Å². The molecule has 3 nitrogen and oxygen atoms in total. The quantitative estimate of drug-likeness (QED) is 0.794. The lowest BCUT2D eigenvalue weighted by Crippen LogP contribution is -1.83. The van der Waals surface area contributed by atoms with Gasteiger partial charge < -0.3 is 0 Å². The second kappa shape index (κ2) is 3.34. The Morgan fingerprint density at radius 1 is 1.21 bits per heavy atom. The normalized spacial score (nSPS) is 10.5. The Kier molecular flexibility index (Phi) is 2.17. The van der Waals surface area contributed by atoms with E-state index in [0.29, 0.717) is 5.56 Å². The molecule has 0 amide bonds. The molecule has 0 aliphatic rings. The van der Waals surface area contributed by atoms with Gasteiger partial charge >= 0.3 is 6.08 Å². The van der Waals surface area contributed by atoms with Crippen LogP contribution in [0.4, 0.5) is 8.78 Å². The van der Waals surface area contributed by atoms with E-state index in [0.717, 1.165) is 6.07 Å². The Morgan fingerprint density at radius 2 is 2.00 bits per heavy atom. The van der Waals surface area contributed by atoms with Gasteiger partial charge in [-0.1, -0.05) is 11.6 Å². The topological polar surface area (TPSA) is 41.6 Å². The predicted molar refractivity (Wildman–Crippen MR) is 46.7 cm³/mol. The van der Waals surface area contributed by atoms with Crippen LogP contribution in [0, 0.1) is 11.9 Å². The zero-order chi connectivity index (χ0) is 10.1. The molecule has 1 aromatic carbocycles. The summed E-state index contributed by atoms with van der Waals surface area (Å²) in [5, 5.41) is 5.76. The smallest absolute Gasteiger partial charge is 0.235 e. The van der Waals surface area contributed by atoms with Gasteiger partial charge in [-0.05, 0) is 18.2 Å². The third kappa shape index (κ3) is 1.72. The van der Waals surface area contributed by atoms with Gasteiger partial charge in [0.05, 0.1) is 0 Å². The summed E-state index contributed by atoms with van der Waals surface area (Å²) >= 11 is 5.61. The summed E-state index contributed by atoms with van der Waals surface area (Å²) < 4.78 is 25.3. The van der Waals surface area contributed by atoms with Gasteiger partial charge in [0.2, 0.25) is 0 Å². The molecule has 1 heterocycles. The fourth-order valence-corrected chi connectivity index (χ4v) is 1.28. The van der Waals surface area contributed by atoms with E-state index in [2.05, 4.69) is 10.1 Å². The van der Waals surface area contributed by atoms with Crippen LogP contribution in [-0.2, 0) is 0 Å². The van der Waals surface area contributed by atoms with Crippen LogP contribution in [0.5, 0.6) is 0 Å². The zero-order valence-corrected chi connectivity index (χ0v) is 7.52. The van der Waals surface area contributed by atoms with Crippen molar-refractivity contribution in [3.63, 3.8) is 0 Å². The van der Waals surface area contributed by atoms with Crippen molar-refractivity contribution in [2.45, 2.75) is 0 Å². The molecule has 6 heteroatoms. The first kappa shape index (κ1) is 9.08. The highest BCUT2D eigenvalue weighted by molar-refractivity contribution is 6.30. The molecule has 0 spiro atoms. The number of benzene rings is 1.